The first kappa shape index (κ1) is 9.00. The second-order valence-electron chi connectivity index (χ2n) is 3.33. The van der Waals surface area contributed by atoms with Gasteiger partial charge in [0.2, 0.25) is 0 Å². The molecule has 2 nitrogen and oxygen atoms in total. The molecule has 0 atom stereocenters. The number of hydrogen-bond donors (Lipinski definition) is 0. The zero-order valence-electron chi connectivity index (χ0n) is 8.57. The number of aryl methyl sites for hydroxylation is 2. The molecule has 0 fully saturated rings. The van der Waals surface area contributed by atoms with Crippen molar-refractivity contribution in [1.82, 2.24) is 9.55 Å². The van der Waals surface area contributed by atoms with Crippen LogP contribution in [-0.2, 0) is 6.42 Å². The second-order valence-corrected chi connectivity index (χ2v) is 3.33. The molecule has 0 saturated heterocycles. The highest BCUT2D eigenvalue weighted by molar-refractivity contribution is 5.41. The molecular formula is C12H14N2. The van der Waals surface area contributed by atoms with Crippen LogP contribution < -0.4 is 0 Å². The van der Waals surface area contributed by atoms with Crippen molar-refractivity contribution >= 4 is 0 Å². The Balaban J connectivity index is 2.56. The third-order valence-electron chi connectivity index (χ3n) is 2.46. The molecular weight excluding hydrogens is 172 g/mol. The standard InChI is InChI=1S/C12H14N2/c1-3-11-6-4-5-7-12(11)14-9-8-13-10(14)2/h4-9H,3H2,1-2H3. The molecule has 0 amide bonds. The van der Waals surface area contributed by atoms with Crippen molar-refractivity contribution < 1.29 is 0 Å². The molecule has 2 heteroatoms. The Morgan fingerprint density at radius 2 is 2.07 bits per heavy atom. The molecule has 0 unspecified atom stereocenters. The third-order valence-corrected chi connectivity index (χ3v) is 2.46. The summed E-state index contributed by atoms with van der Waals surface area (Å²) in [5, 5.41) is 0. The number of rotatable bonds is 2. The summed E-state index contributed by atoms with van der Waals surface area (Å²) in [4.78, 5) is 4.23. The molecule has 0 radical (unpaired) electrons. The van der Waals surface area contributed by atoms with Gasteiger partial charge in [-0.3, -0.25) is 0 Å². The van der Waals surface area contributed by atoms with Crippen molar-refractivity contribution in [2.24, 2.45) is 0 Å². The maximum absolute atomic E-state index is 4.23. The summed E-state index contributed by atoms with van der Waals surface area (Å²) < 4.78 is 2.12. The maximum atomic E-state index is 4.23. The van der Waals surface area contributed by atoms with Gasteiger partial charge >= 0.3 is 0 Å². The minimum absolute atomic E-state index is 1.03. The molecule has 0 aliphatic heterocycles. The topological polar surface area (TPSA) is 17.8 Å². The Bertz CT molecular complexity index is 429. The van der Waals surface area contributed by atoms with Crippen LogP contribution in [0, 0.1) is 6.92 Å². The quantitative estimate of drug-likeness (QED) is 0.705. The normalized spacial score (nSPS) is 10.4. The highest BCUT2D eigenvalue weighted by atomic mass is 15.1. The molecule has 0 spiro atoms. The van der Waals surface area contributed by atoms with Gasteiger partial charge in [-0.25, -0.2) is 4.98 Å². The first-order valence-electron chi connectivity index (χ1n) is 4.91. The molecule has 2 aromatic rings. The zero-order chi connectivity index (χ0) is 9.97. The summed E-state index contributed by atoms with van der Waals surface area (Å²) in [5.41, 5.74) is 2.60. The number of aromatic nitrogens is 2. The number of nitrogens with zero attached hydrogens (tertiary/aromatic N) is 2. The summed E-state index contributed by atoms with van der Waals surface area (Å²) in [6, 6.07) is 8.44. The summed E-state index contributed by atoms with van der Waals surface area (Å²) in [5.74, 6) is 1.03. The molecule has 0 aliphatic carbocycles. The van der Waals surface area contributed by atoms with E-state index in [0.29, 0.717) is 0 Å². The van der Waals surface area contributed by atoms with E-state index >= 15 is 0 Å². The van der Waals surface area contributed by atoms with Gasteiger partial charge in [-0.2, -0.15) is 0 Å². The Kier molecular flexibility index (Phi) is 2.35. The summed E-state index contributed by atoms with van der Waals surface area (Å²) in [6.45, 7) is 4.19. The van der Waals surface area contributed by atoms with E-state index in [1.54, 1.807) is 0 Å². The van der Waals surface area contributed by atoms with E-state index in [-0.39, 0.29) is 0 Å². The van der Waals surface area contributed by atoms with Crippen LogP contribution in [0.5, 0.6) is 0 Å². The van der Waals surface area contributed by atoms with E-state index in [1.165, 1.54) is 11.3 Å². The minimum atomic E-state index is 1.03. The van der Waals surface area contributed by atoms with Crippen molar-refractivity contribution in [1.29, 1.82) is 0 Å². The van der Waals surface area contributed by atoms with Crippen LogP contribution in [0.25, 0.3) is 5.69 Å². The van der Waals surface area contributed by atoms with Crippen molar-refractivity contribution in [2.45, 2.75) is 20.3 Å². The molecule has 0 bridgehead atoms. The monoisotopic (exact) mass is 186 g/mol. The molecule has 1 aromatic heterocycles. The van der Waals surface area contributed by atoms with Gasteiger partial charge in [0, 0.05) is 18.1 Å². The van der Waals surface area contributed by atoms with Gasteiger partial charge in [-0.15, -0.1) is 0 Å². The predicted molar refractivity (Wildman–Crippen MR) is 57.7 cm³/mol. The van der Waals surface area contributed by atoms with Crippen molar-refractivity contribution in [3.05, 3.63) is 48.0 Å². The minimum Gasteiger partial charge on any atom is -0.304 e. The highest BCUT2D eigenvalue weighted by Gasteiger charge is 2.03. The van der Waals surface area contributed by atoms with Crippen LogP contribution in [0.4, 0.5) is 0 Å². The number of benzene rings is 1. The molecule has 0 aliphatic rings. The van der Waals surface area contributed by atoms with Gasteiger partial charge in [0.15, 0.2) is 0 Å². The van der Waals surface area contributed by atoms with Crippen LogP contribution in [0.3, 0.4) is 0 Å². The molecule has 1 aromatic carbocycles. The van der Waals surface area contributed by atoms with Crippen LogP contribution in [0.2, 0.25) is 0 Å². The fourth-order valence-electron chi connectivity index (χ4n) is 1.68. The Hall–Kier alpha value is -1.57. The Labute approximate surface area is 84.2 Å². The van der Waals surface area contributed by atoms with E-state index in [9.17, 15) is 0 Å². The lowest BCUT2D eigenvalue weighted by Crippen LogP contribution is -1.99. The van der Waals surface area contributed by atoms with Gasteiger partial charge < -0.3 is 4.57 Å². The van der Waals surface area contributed by atoms with Gasteiger partial charge in [-0.1, -0.05) is 25.1 Å². The molecule has 1 heterocycles. The fourth-order valence-corrected chi connectivity index (χ4v) is 1.68. The molecule has 0 N–H and O–H groups in total. The smallest absolute Gasteiger partial charge is 0.110 e. The summed E-state index contributed by atoms with van der Waals surface area (Å²) >= 11 is 0. The van der Waals surface area contributed by atoms with E-state index < -0.39 is 0 Å². The predicted octanol–water partition coefficient (Wildman–Crippen LogP) is 2.74. The average Bonchev–Trinajstić information content (AvgIpc) is 2.64. The van der Waals surface area contributed by atoms with E-state index in [1.807, 2.05) is 19.3 Å². The van der Waals surface area contributed by atoms with Crippen LogP contribution in [0.1, 0.15) is 18.3 Å². The molecule has 0 saturated carbocycles. The lowest BCUT2D eigenvalue weighted by Gasteiger charge is -2.09. The average molecular weight is 186 g/mol. The van der Waals surface area contributed by atoms with Gasteiger partial charge in [0.25, 0.3) is 0 Å². The largest absolute Gasteiger partial charge is 0.304 e. The van der Waals surface area contributed by atoms with Gasteiger partial charge in [0.1, 0.15) is 5.82 Å². The molecule has 72 valence electrons. The maximum Gasteiger partial charge on any atom is 0.110 e. The van der Waals surface area contributed by atoms with Crippen molar-refractivity contribution in [3.63, 3.8) is 0 Å². The SMILES string of the molecule is CCc1ccccc1-n1ccnc1C. The van der Waals surface area contributed by atoms with Gasteiger partial charge in [0.05, 0.1) is 0 Å². The molecule has 14 heavy (non-hydrogen) atoms. The van der Waals surface area contributed by atoms with E-state index in [0.717, 1.165) is 12.2 Å². The number of para-hydroxylation sites is 1. The number of imidazole rings is 1. The lowest BCUT2D eigenvalue weighted by molar-refractivity contribution is 0.947. The fraction of sp³-hybridized carbons (Fsp3) is 0.250. The lowest BCUT2D eigenvalue weighted by atomic mass is 10.1. The first-order chi connectivity index (χ1) is 6.83. The second kappa shape index (κ2) is 3.66. The highest BCUT2D eigenvalue weighted by Crippen LogP contribution is 2.16. The Morgan fingerprint density at radius 1 is 1.29 bits per heavy atom. The Morgan fingerprint density at radius 3 is 2.71 bits per heavy atom. The van der Waals surface area contributed by atoms with E-state index in [2.05, 4.69) is 40.7 Å². The van der Waals surface area contributed by atoms with Crippen LogP contribution >= 0.6 is 0 Å². The summed E-state index contributed by atoms with van der Waals surface area (Å²) in [6.07, 6.45) is 4.89. The van der Waals surface area contributed by atoms with Crippen LogP contribution in [0.15, 0.2) is 36.7 Å². The third kappa shape index (κ3) is 1.43. The van der Waals surface area contributed by atoms with Gasteiger partial charge in [-0.05, 0) is 25.0 Å². The van der Waals surface area contributed by atoms with Crippen molar-refractivity contribution in [3.8, 4) is 5.69 Å². The zero-order valence-corrected chi connectivity index (χ0v) is 8.57. The number of hydrogen-bond acceptors (Lipinski definition) is 1. The molecule has 2 rings (SSSR count). The van der Waals surface area contributed by atoms with Crippen molar-refractivity contribution in [2.75, 3.05) is 0 Å². The van der Waals surface area contributed by atoms with E-state index in [4.69, 9.17) is 0 Å². The van der Waals surface area contributed by atoms with Crippen LogP contribution in [-0.4, -0.2) is 9.55 Å². The summed E-state index contributed by atoms with van der Waals surface area (Å²) in [7, 11) is 0. The first-order valence-corrected chi connectivity index (χ1v) is 4.91.